The molecule has 2 atom stereocenters. The number of benzene rings is 7. The minimum atomic E-state index is -0.796. The van der Waals surface area contributed by atoms with Crippen molar-refractivity contribution < 1.29 is 10.2 Å². The zero-order valence-electron chi connectivity index (χ0n) is 28.8. The predicted molar refractivity (Wildman–Crippen MR) is 207 cm³/mol. The van der Waals surface area contributed by atoms with E-state index in [0.29, 0.717) is 6.42 Å². The number of fused-ring (bicyclic) bond motifs is 7. The third-order valence-electron chi connectivity index (χ3n) is 10.7. The van der Waals surface area contributed by atoms with Crippen LogP contribution in [0.1, 0.15) is 90.1 Å². The number of aliphatic hydroxyl groups excluding tert-OH is 2. The average Bonchev–Trinajstić information content (AvgIpc) is 3.17. The summed E-state index contributed by atoms with van der Waals surface area (Å²) >= 11 is 0. The molecule has 2 heteroatoms. The molecule has 0 radical (unpaired) electrons. The summed E-state index contributed by atoms with van der Waals surface area (Å²) in [6.45, 7) is 0. The molecular weight excluding hydrogens is 621 g/mol. The zero-order valence-corrected chi connectivity index (χ0v) is 28.8. The van der Waals surface area contributed by atoms with Crippen molar-refractivity contribution in [2.24, 2.45) is 0 Å². The molecule has 7 aromatic carbocycles. The summed E-state index contributed by atoms with van der Waals surface area (Å²) in [7, 11) is 0. The molecule has 0 heterocycles. The zero-order chi connectivity index (χ0) is 34.6. The lowest BCUT2D eigenvalue weighted by molar-refractivity contribution is 0.217. The van der Waals surface area contributed by atoms with Crippen LogP contribution in [-0.2, 0) is 32.1 Å². The molecule has 0 spiro atoms. The van der Waals surface area contributed by atoms with Crippen molar-refractivity contribution in [3.8, 4) is 0 Å². The van der Waals surface area contributed by atoms with Crippen molar-refractivity contribution in [3.05, 3.63) is 248 Å². The molecule has 1 aliphatic carbocycles. The highest BCUT2D eigenvalue weighted by atomic mass is 16.3. The number of hydrogen-bond donors (Lipinski definition) is 2. The average molecular weight is 663 g/mol. The second-order valence-electron chi connectivity index (χ2n) is 13.8. The van der Waals surface area contributed by atoms with Gasteiger partial charge >= 0.3 is 0 Å². The molecule has 8 rings (SSSR count). The highest BCUT2D eigenvalue weighted by Crippen LogP contribution is 2.35. The van der Waals surface area contributed by atoms with E-state index in [1.165, 1.54) is 33.4 Å². The van der Waals surface area contributed by atoms with Crippen LogP contribution in [0.25, 0.3) is 0 Å². The van der Waals surface area contributed by atoms with Crippen molar-refractivity contribution >= 4 is 0 Å². The first-order valence-corrected chi connectivity index (χ1v) is 18.0. The highest BCUT2D eigenvalue weighted by Gasteiger charge is 2.22. The van der Waals surface area contributed by atoms with Gasteiger partial charge in [-0.15, -0.1) is 0 Å². The first-order chi connectivity index (χ1) is 25.1. The Balaban J connectivity index is 1.30. The summed E-state index contributed by atoms with van der Waals surface area (Å²) in [6, 6.07) is 59.4. The molecule has 7 aromatic rings. The molecule has 1 aliphatic rings. The molecular formula is C49H42O2. The van der Waals surface area contributed by atoms with E-state index in [2.05, 4.69) is 121 Å². The monoisotopic (exact) mass is 662 g/mol. The predicted octanol–water partition coefficient (Wildman–Crippen LogP) is 10.1. The van der Waals surface area contributed by atoms with Gasteiger partial charge in [-0.2, -0.15) is 0 Å². The molecule has 0 amide bonds. The van der Waals surface area contributed by atoms with Crippen LogP contribution in [0.15, 0.2) is 170 Å². The summed E-state index contributed by atoms with van der Waals surface area (Å²) in [6.07, 6.45) is 2.11. The Morgan fingerprint density at radius 1 is 0.235 bits per heavy atom. The maximum absolute atomic E-state index is 12.2. The third kappa shape index (κ3) is 6.94. The standard InChI is InChI=1S/C49H42O2/c50-48-44-25-11-7-21-40(44)31-38-19-5-3-17-36(38)29-34-15-1-2-16-35(34)30-37-18-4-6-20-39(37)32-41-22-8-12-26-45(41)49(51)47-28-14-10-24-43(47)33-42-23-9-13-27-46(42)48/h1-28,48-51H,29-33H2. The largest absolute Gasteiger partial charge is 0.384 e. The molecule has 250 valence electrons. The SMILES string of the molecule is OC1c2ccccc2Cc2ccccc2Cc2ccccc2Cc2ccccc2Cc2ccccc2C(O)c2ccccc2Cc2ccccc21. The van der Waals surface area contributed by atoms with Gasteiger partial charge in [-0.3, -0.25) is 0 Å². The van der Waals surface area contributed by atoms with Crippen LogP contribution in [0.2, 0.25) is 0 Å². The van der Waals surface area contributed by atoms with Crippen molar-refractivity contribution in [2.45, 2.75) is 44.3 Å². The molecule has 0 bridgehead atoms. The Morgan fingerprint density at radius 2 is 0.392 bits per heavy atom. The summed E-state index contributed by atoms with van der Waals surface area (Å²) in [5, 5.41) is 24.3. The van der Waals surface area contributed by atoms with E-state index in [4.69, 9.17) is 0 Å². The van der Waals surface area contributed by atoms with Gasteiger partial charge in [0.2, 0.25) is 0 Å². The van der Waals surface area contributed by atoms with Crippen LogP contribution in [-0.4, -0.2) is 10.2 Å². The van der Waals surface area contributed by atoms with Crippen molar-refractivity contribution in [3.63, 3.8) is 0 Å². The fourth-order valence-electron chi connectivity index (χ4n) is 7.92. The molecule has 2 unspecified atom stereocenters. The fraction of sp³-hybridized carbons (Fsp3) is 0.143. The topological polar surface area (TPSA) is 40.5 Å². The lowest BCUT2D eigenvalue weighted by Crippen LogP contribution is -2.10. The first kappa shape index (κ1) is 32.7. The van der Waals surface area contributed by atoms with Crippen LogP contribution in [0.3, 0.4) is 0 Å². The van der Waals surface area contributed by atoms with E-state index in [9.17, 15) is 10.2 Å². The van der Waals surface area contributed by atoms with Gasteiger partial charge < -0.3 is 10.2 Å². The van der Waals surface area contributed by atoms with Crippen LogP contribution >= 0.6 is 0 Å². The van der Waals surface area contributed by atoms with E-state index >= 15 is 0 Å². The van der Waals surface area contributed by atoms with Crippen molar-refractivity contribution in [1.82, 2.24) is 0 Å². The molecule has 2 N–H and O–H groups in total. The van der Waals surface area contributed by atoms with E-state index < -0.39 is 12.2 Å². The summed E-state index contributed by atoms with van der Waals surface area (Å²) in [5.41, 5.74) is 15.7. The van der Waals surface area contributed by atoms with Gasteiger partial charge in [-0.25, -0.2) is 0 Å². The normalized spacial score (nSPS) is 16.0. The molecule has 51 heavy (non-hydrogen) atoms. The second-order valence-corrected chi connectivity index (χ2v) is 13.8. The van der Waals surface area contributed by atoms with Crippen molar-refractivity contribution in [1.29, 1.82) is 0 Å². The minimum absolute atomic E-state index is 0.592. The molecule has 0 aromatic heterocycles. The molecule has 2 nitrogen and oxygen atoms in total. The Labute approximate surface area is 301 Å². The lowest BCUT2D eigenvalue weighted by atomic mass is 9.86. The Kier molecular flexibility index (Phi) is 9.44. The van der Waals surface area contributed by atoms with Crippen molar-refractivity contribution in [2.75, 3.05) is 0 Å². The minimum Gasteiger partial charge on any atom is -0.384 e. The van der Waals surface area contributed by atoms with E-state index in [1.54, 1.807) is 0 Å². The highest BCUT2D eigenvalue weighted by molar-refractivity contribution is 5.49. The number of aliphatic hydroxyl groups is 2. The summed E-state index contributed by atoms with van der Waals surface area (Å²) < 4.78 is 0. The smallest absolute Gasteiger partial charge is 0.105 e. The number of hydrogen-bond acceptors (Lipinski definition) is 2. The van der Waals surface area contributed by atoms with E-state index in [1.807, 2.05) is 48.5 Å². The maximum atomic E-state index is 12.2. The van der Waals surface area contributed by atoms with Crippen LogP contribution in [0, 0.1) is 0 Å². The number of rotatable bonds is 0. The summed E-state index contributed by atoms with van der Waals surface area (Å²) in [4.78, 5) is 0. The van der Waals surface area contributed by atoms with E-state index in [-0.39, 0.29) is 0 Å². The van der Waals surface area contributed by atoms with Crippen LogP contribution in [0.5, 0.6) is 0 Å². The van der Waals surface area contributed by atoms with Gasteiger partial charge in [0, 0.05) is 0 Å². The summed E-state index contributed by atoms with van der Waals surface area (Å²) in [5.74, 6) is 0. The van der Waals surface area contributed by atoms with Gasteiger partial charge in [0.05, 0.1) is 0 Å². The molecule has 0 aliphatic heterocycles. The Morgan fingerprint density at radius 3 is 0.627 bits per heavy atom. The maximum Gasteiger partial charge on any atom is 0.105 e. The third-order valence-corrected chi connectivity index (χ3v) is 10.7. The van der Waals surface area contributed by atoms with Gasteiger partial charge in [0.25, 0.3) is 0 Å². The lowest BCUT2D eigenvalue weighted by Gasteiger charge is -2.22. The van der Waals surface area contributed by atoms with Gasteiger partial charge in [-0.1, -0.05) is 170 Å². The van der Waals surface area contributed by atoms with Gasteiger partial charge in [0.1, 0.15) is 12.2 Å². The second kappa shape index (κ2) is 14.7. The Hall–Kier alpha value is -5.54. The molecule has 0 saturated carbocycles. The van der Waals surface area contributed by atoms with Crippen LogP contribution < -0.4 is 0 Å². The van der Waals surface area contributed by atoms with E-state index in [0.717, 1.165) is 70.2 Å². The Bertz CT molecular complexity index is 2140. The molecule has 0 saturated heterocycles. The quantitative estimate of drug-likeness (QED) is 0.170. The van der Waals surface area contributed by atoms with Gasteiger partial charge in [-0.05, 0) is 110 Å². The fourth-order valence-corrected chi connectivity index (χ4v) is 7.92. The van der Waals surface area contributed by atoms with Gasteiger partial charge in [0.15, 0.2) is 0 Å². The molecule has 0 fully saturated rings. The van der Waals surface area contributed by atoms with Crippen LogP contribution in [0.4, 0.5) is 0 Å². The first-order valence-electron chi connectivity index (χ1n) is 18.0.